The molecule has 0 aliphatic rings. The molecule has 6 aromatic rings. The van der Waals surface area contributed by atoms with E-state index in [1.165, 1.54) is 38.5 Å². The number of aromatic hydroxyl groups is 4. The minimum absolute atomic E-state index is 0.000251. The largest absolute Gasteiger partial charge is 0.504 e. The van der Waals surface area contributed by atoms with Crippen LogP contribution in [-0.4, -0.2) is 48.9 Å². The van der Waals surface area contributed by atoms with Crippen LogP contribution < -0.4 is 24.4 Å². The van der Waals surface area contributed by atoms with Crippen molar-refractivity contribution < 1.29 is 43.8 Å². The van der Waals surface area contributed by atoms with Gasteiger partial charge in [-0.05, 0) is 58.5 Å². The molecule has 0 aliphatic heterocycles. The van der Waals surface area contributed by atoms with Crippen LogP contribution in [0.1, 0.15) is 11.1 Å². The standard InChI is InChI=1S/C34H28O10/c1-40-19-7-5-16(27(13-19)41-2)9-21-30(17-6-8-23(35)24(36)11-17)20-14-29(42-3)32(39)34(43-4)31(20)22-10-18-12-25(37)26(38)15-28(18)44-33(21)22/h5-8,10-15,35-38H,9H2,1-4H3. The summed E-state index contributed by atoms with van der Waals surface area (Å²) in [5, 5.41) is 43.1. The molecule has 0 saturated heterocycles. The van der Waals surface area contributed by atoms with Crippen LogP contribution in [0.5, 0.6) is 46.0 Å². The van der Waals surface area contributed by atoms with Gasteiger partial charge >= 0.3 is 0 Å². The molecule has 0 bridgehead atoms. The Kier molecular flexibility index (Phi) is 6.97. The van der Waals surface area contributed by atoms with Crippen LogP contribution in [0.3, 0.4) is 0 Å². The second-order valence-electron chi connectivity index (χ2n) is 10.1. The average molecular weight is 597 g/mol. The molecule has 1 heterocycles. The average Bonchev–Trinajstić information content (AvgIpc) is 3.02. The summed E-state index contributed by atoms with van der Waals surface area (Å²) in [6, 6.07) is 15.9. The number of phenols is 4. The summed E-state index contributed by atoms with van der Waals surface area (Å²) < 4.78 is 28.7. The molecule has 44 heavy (non-hydrogen) atoms. The second-order valence-corrected chi connectivity index (χ2v) is 10.1. The first-order valence-electron chi connectivity index (χ1n) is 13.4. The monoisotopic (exact) mass is 596 g/mol. The van der Waals surface area contributed by atoms with Gasteiger partial charge in [-0.15, -0.1) is 0 Å². The van der Waals surface area contributed by atoms with Crippen molar-refractivity contribution in [1.29, 1.82) is 0 Å². The smallest absolute Gasteiger partial charge is 0.262 e. The fourth-order valence-corrected chi connectivity index (χ4v) is 5.64. The van der Waals surface area contributed by atoms with Gasteiger partial charge in [-0.2, -0.15) is 0 Å². The third-order valence-electron chi connectivity index (χ3n) is 7.73. The lowest BCUT2D eigenvalue weighted by molar-refractivity contribution is 0.391. The first kappa shape index (κ1) is 28.4. The lowest BCUT2D eigenvalue weighted by atomic mass is 9.86. The third-order valence-corrected chi connectivity index (χ3v) is 7.73. The molecule has 0 spiro atoms. The zero-order valence-corrected chi connectivity index (χ0v) is 24.2. The molecule has 4 N–H and O–H groups in total. The van der Waals surface area contributed by atoms with E-state index < -0.39 is 5.43 Å². The summed E-state index contributed by atoms with van der Waals surface area (Å²) in [5.41, 5.74) is 2.58. The number of fused-ring (bicyclic) bond motifs is 4. The molecule has 0 atom stereocenters. The third kappa shape index (κ3) is 4.48. The van der Waals surface area contributed by atoms with Gasteiger partial charge in [0.05, 0.1) is 28.4 Å². The highest BCUT2D eigenvalue weighted by Gasteiger charge is 2.26. The summed E-state index contributed by atoms with van der Waals surface area (Å²) in [5.74, 6) is -0.182. The summed E-state index contributed by atoms with van der Waals surface area (Å²) in [6.45, 7) is 0. The molecule has 0 radical (unpaired) electrons. The van der Waals surface area contributed by atoms with E-state index in [0.717, 1.165) is 5.56 Å². The molecule has 224 valence electrons. The normalized spacial score (nSPS) is 11.3. The van der Waals surface area contributed by atoms with Gasteiger partial charge in [0.1, 0.15) is 22.7 Å². The Morgan fingerprint density at radius 2 is 1.41 bits per heavy atom. The molecule has 10 nitrogen and oxygen atoms in total. The molecular weight excluding hydrogens is 568 g/mol. The van der Waals surface area contributed by atoms with Crippen LogP contribution >= 0.6 is 0 Å². The predicted molar refractivity (Wildman–Crippen MR) is 165 cm³/mol. The van der Waals surface area contributed by atoms with Crippen molar-refractivity contribution in [2.24, 2.45) is 0 Å². The van der Waals surface area contributed by atoms with Crippen molar-refractivity contribution in [2.75, 3.05) is 28.4 Å². The summed E-state index contributed by atoms with van der Waals surface area (Å²) >= 11 is 0. The van der Waals surface area contributed by atoms with Gasteiger partial charge in [0.25, 0.3) is 5.43 Å². The highest BCUT2D eigenvalue weighted by molar-refractivity contribution is 6.19. The second kappa shape index (κ2) is 10.8. The van der Waals surface area contributed by atoms with Crippen molar-refractivity contribution in [3.05, 3.63) is 82.0 Å². The molecule has 1 aromatic heterocycles. The van der Waals surface area contributed by atoms with Crippen molar-refractivity contribution in [3.8, 4) is 57.1 Å². The molecule has 0 aliphatic carbocycles. The van der Waals surface area contributed by atoms with Gasteiger partial charge in [-0.3, -0.25) is 4.79 Å². The van der Waals surface area contributed by atoms with Crippen LogP contribution in [0.15, 0.2) is 69.9 Å². The Morgan fingerprint density at radius 3 is 2.09 bits per heavy atom. The van der Waals surface area contributed by atoms with Gasteiger partial charge in [0, 0.05) is 40.3 Å². The van der Waals surface area contributed by atoms with Crippen molar-refractivity contribution in [2.45, 2.75) is 6.42 Å². The van der Waals surface area contributed by atoms with E-state index >= 15 is 0 Å². The minimum atomic E-state index is -0.485. The van der Waals surface area contributed by atoms with E-state index in [0.29, 0.717) is 55.3 Å². The molecule has 5 aromatic carbocycles. The number of rotatable bonds is 7. The van der Waals surface area contributed by atoms with E-state index in [2.05, 4.69) is 0 Å². The minimum Gasteiger partial charge on any atom is -0.504 e. The van der Waals surface area contributed by atoms with Crippen LogP contribution in [-0.2, 0) is 6.42 Å². The lowest BCUT2D eigenvalue weighted by Crippen LogP contribution is -2.10. The van der Waals surface area contributed by atoms with Crippen molar-refractivity contribution >= 4 is 32.7 Å². The van der Waals surface area contributed by atoms with Gasteiger partial charge < -0.3 is 43.8 Å². The molecule has 0 saturated carbocycles. The zero-order valence-electron chi connectivity index (χ0n) is 24.2. The van der Waals surface area contributed by atoms with E-state index in [1.807, 2.05) is 6.07 Å². The molecule has 6 rings (SSSR count). The van der Waals surface area contributed by atoms with Crippen molar-refractivity contribution in [3.63, 3.8) is 0 Å². The fourth-order valence-electron chi connectivity index (χ4n) is 5.64. The van der Waals surface area contributed by atoms with Gasteiger partial charge in [-0.1, -0.05) is 12.1 Å². The SMILES string of the molecule is COc1ccc(Cc2c(-c3ccc(O)c(O)c3)c3cc(OC)c(=O)c(OC)c3c3cc4cc(O)c(O)cc4oc23)c(OC)c1. The molecule has 0 unspecified atom stereocenters. The van der Waals surface area contributed by atoms with E-state index in [4.69, 9.17) is 23.4 Å². The van der Waals surface area contributed by atoms with Crippen LogP contribution in [0.25, 0.3) is 43.8 Å². The molecule has 0 amide bonds. The Bertz CT molecular complexity index is 2160. The lowest BCUT2D eigenvalue weighted by Gasteiger charge is -2.21. The number of methoxy groups -OCH3 is 4. The Hall–Kier alpha value is -5.77. The zero-order chi connectivity index (χ0) is 31.3. The number of phenolic OH excluding ortho intramolecular Hbond substituents is 4. The Morgan fingerprint density at radius 1 is 0.682 bits per heavy atom. The maximum atomic E-state index is 13.5. The quantitative estimate of drug-likeness (QED) is 0.0952. The van der Waals surface area contributed by atoms with Gasteiger partial charge in [-0.25, -0.2) is 0 Å². The van der Waals surface area contributed by atoms with Gasteiger partial charge in [0.15, 0.2) is 34.5 Å². The highest BCUT2D eigenvalue weighted by Crippen LogP contribution is 2.47. The van der Waals surface area contributed by atoms with Crippen LogP contribution in [0.2, 0.25) is 0 Å². The van der Waals surface area contributed by atoms with E-state index in [9.17, 15) is 25.2 Å². The predicted octanol–water partition coefficient (Wildman–Crippen LogP) is 6.21. The topological polar surface area (TPSA) is 148 Å². The van der Waals surface area contributed by atoms with E-state index in [-0.39, 0.29) is 46.5 Å². The number of hydrogen-bond acceptors (Lipinski definition) is 10. The Labute approximate surface area is 250 Å². The first-order valence-corrected chi connectivity index (χ1v) is 13.4. The number of ether oxygens (including phenoxy) is 4. The maximum Gasteiger partial charge on any atom is 0.262 e. The summed E-state index contributed by atoms with van der Waals surface area (Å²) in [7, 11) is 5.87. The number of benzene rings is 5. The van der Waals surface area contributed by atoms with Crippen LogP contribution in [0, 0.1) is 0 Å². The van der Waals surface area contributed by atoms with E-state index in [1.54, 1.807) is 44.6 Å². The fraction of sp³-hybridized carbons (Fsp3) is 0.147. The summed E-state index contributed by atoms with van der Waals surface area (Å²) in [6.07, 6.45) is 0.236. The Balaban J connectivity index is 1.86. The molecular formula is C34H28O10. The van der Waals surface area contributed by atoms with Crippen LogP contribution in [0.4, 0.5) is 0 Å². The highest BCUT2D eigenvalue weighted by atomic mass is 16.5. The molecule has 0 fully saturated rings. The number of hydrogen-bond donors (Lipinski definition) is 4. The van der Waals surface area contributed by atoms with Crippen molar-refractivity contribution in [1.82, 2.24) is 0 Å². The summed E-state index contributed by atoms with van der Waals surface area (Å²) in [4.78, 5) is 13.5. The molecule has 10 heteroatoms. The maximum absolute atomic E-state index is 13.5. The van der Waals surface area contributed by atoms with Gasteiger partial charge in [0.2, 0.25) is 0 Å². The first-order chi connectivity index (χ1) is 21.2.